The van der Waals surface area contributed by atoms with Gasteiger partial charge in [0, 0.05) is 13.1 Å². The van der Waals surface area contributed by atoms with Crippen molar-refractivity contribution in [3.63, 3.8) is 0 Å². The van der Waals surface area contributed by atoms with Gasteiger partial charge in [-0.2, -0.15) is 0 Å². The fraction of sp³-hybridized carbons (Fsp3) is 0.429. The van der Waals surface area contributed by atoms with Crippen molar-refractivity contribution in [1.29, 1.82) is 0 Å². The number of carbonyl (C=O) groups excluding carboxylic acids is 1. The summed E-state index contributed by atoms with van der Waals surface area (Å²) in [6.07, 6.45) is 1.23. The Morgan fingerprint density at radius 3 is 3.15 bits per heavy atom. The van der Waals surface area contributed by atoms with Crippen LogP contribution in [0.25, 0.3) is 10.2 Å². The number of β-amino-alcohol motifs (C(OH)–C–C–N with tert-alkyl or cyclic N) is 1. The molecule has 2 heterocycles. The molecular weight excluding hydrogens is 274 g/mol. The summed E-state index contributed by atoms with van der Waals surface area (Å²) in [6, 6.07) is 5.98. The van der Waals surface area contributed by atoms with E-state index in [1.54, 1.807) is 4.90 Å². The third-order valence-corrected chi connectivity index (χ3v) is 4.46. The maximum absolute atomic E-state index is 12.0. The van der Waals surface area contributed by atoms with E-state index < -0.39 is 6.10 Å². The highest BCUT2D eigenvalue weighted by atomic mass is 32.1. The first-order valence-corrected chi connectivity index (χ1v) is 7.61. The first-order chi connectivity index (χ1) is 9.65. The van der Waals surface area contributed by atoms with Gasteiger partial charge in [0.25, 0.3) is 0 Å². The van der Waals surface area contributed by atoms with Gasteiger partial charge in [0.15, 0.2) is 5.13 Å². The number of hydrogen-bond acceptors (Lipinski definition) is 4. The van der Waals surface area contributed by atoms with Gasteiger partial charge in [-0.25, -0.2) is 9.78 Å². The van der Waals surface area contributed by atoms with Crippen LogP contribution >= 0.6 is 11.3 Å². The number of anilines is 1. The van der Waals surface area contributed by atoms with Crippen molar-refractivity contribution in [2.45, 2.75) is 25.9 Å². The van der Waals surface area contributed by atoms with Crippen molar-refractivity contribution in [1.82, 2.24) is 9.88 Å². The Hall–Kier alpha value is -1.66. The molecule has 106 valence electrons. The molecule has 0 radical (unpaired) electrons. The number of nitrogens with zero attached hydrogens (tertiary/aromatic N) is 2. The van der Waals surface area contributed by atoms with Crippen molar-refractivity contribution in [3.8, 4) is 0 Å². The van der Waals surface area contributed by atoms with E-state index in [1.165, 1.54) is 16.9 Å². The summed E-state index contributed by atoms with van der Waals surface area (Å²) in [6.45, 7) is 3.11. The van der Waals surface area contributed by atoms with Crippen molar-refractivity contribution in [2.75, 3.05) is 18.4 Å². The van der Waals surface area contributed by atoms with Crippen LogP contribution in [-0.2, 0) is 6.42 Å². The average Bonchev–Trinajstić information content (AvgIpc) is 3.03. The topological polar surface area (TPSA) is 65.5 Å². The van der Waals surface area contributed by atoms with E-state index in [1.807, 2.05) is 6.07 Å². The predicted molar refractivity (Wildman–Crippen MR) is 80.2 cm³/mol. The van der Waals surface area contributed by atoms with Crippen molar-refractivity contribution in [2.24, 2.45) is 0 Å². The third-order valence-electron chi connectivity index (χ3n) is 3.53. The Labute approximate surface area is 121 Å². The normalized spacial score (nSPS) is 18.7. The number of rotatable bonds is 2. The van der Waals surface area contributed by atoms with Crippen LogP contribution in [0.1, 0.15) is 18.9 Å². The lowest BCUT2D eigenvalue weighted by Crippen LogP contribution is -2.33. The van der Waals surface area contributed by atoms with E-state index in [2.05, 4.69) is 29.4 Å². The number of carbonyl (C=O) groups is 1. The number of aliphatic hydroxyl groups excluding tert-OH is 1. The van der Waals surface area contributed by atoms with Gasteiger partial charge in [-0.15, -0.1) is 0 Å². The van der Waals surface area contributed by atoms with E-state index >= 15 is 0 Å². The second kappa shape index (κ2) is 5.38. The minimum absolute atomic E-state index is 0.184. The van der Waals surface area contributed by atoms with Crippen molar-refractivity contribution in [3.05, 3.63) is 23.8 Å². The van der Waals surface area contributed by atoms with Gasteiger partial charge in [0.05, 0.1) is 16.3 Å². The predicted octanol–water partition coefficient (Wildman–Crippen LogP) is 2.46. The number of amides is 2. The summed E-state index contributed by atoms with van der Waals surface area (Å²) in [5.41, 5.74) is 2.17. The van der Waals surface area contributed by atoms with Gasteiger partial charge < -0.3 is 10.0 Å². The standard InChI is InChI=1S/C14H17N3O2S/c1-2-9-3-4-11-12(7-9)20-13(15-11)16-14(19)17-6-5-10(18)8-17/h3-4,7,10,18H,2,5-6,8H2,1H3,(H,15,16,19)/t10-/m1/s1. The number of aliphatic hydroxyl groups is 1. The zero-order valence-corrected chi connectivity index (χ0v) is 12.1. The molecule has 1 aromatic heterocycles. The van der Waals surface area contributed by atoms with Gasteiger partial charge in [-0.05, 0) is 30.5 Å². The summed E-state index contributed by atoms with van der Waals surface area (Å²) in [4.78, 5) is 18.1. The minimum atomic E-state index is -0.400. The van der Waals surface area contributed by atoms with Crippen molar-refractivity contribution < 1.29 is 9.90 Å². The largest absolute Gasteiger partial charge is 0.391 e. The lowest BCUT2D eigenvalue weighted by Gasteiger charge is -2.14. The van der Waals surface area contributed by atoms with E-state index in [-0.39, 0.29) is 6.03 Å². The molecule has 1 aliphatic heterocycles. The Bertz CT molecular complexity index is 640. The summed E-state index contributed by atoms with van der Waals surface area (Å²) in [7, 11) is 0. The Morgan fingerprint density at radius 2 is 2.45 bits per heavy atom. The molecule has 0 aliphatic carbocycles. The smallest absolute Gasteiger partial charge is 0.323 e. The second-order valence-corrected chi connectivity index (χ2v) is 6.02. The van der Waals surface area contributed by atoms with Crippen LogP contribution in [0.15, 0.2) is 18.2 Å². The highest BCUT2D eigenvalue weighted by Gasteiger charge is 2.25. The van der Waals surface area contributed by atoms with E-state index in [0.717, 1.165) is 16.6 Å². The summed E-state index contributed by atoms with van der Waals surface area (Å²) in [5, 5.41) is 12.9. The highest BCUT2D eigenvalue weighted by molar-refractivity contribution is 7.22. The first kappa shape index (κ1) is 13.3. The molecule has 3 rings (SSSR count). The monoisotopic (exact) mass is 291 g/mol. The summed E-state index contributed by atoms with van der Waals surface area (Å²) < 4.78 is 1.08. The van der Waals surface area contributed by atoms with Crippen LogP contribution in [0, 0.1) is 0 Å². The van der Waals surface area contributed by atoms with Gasteiger partial charge >= 0.3 is 6.03 Å². The quantitative estimate of drug-likeness (QED) is 0.893. The molecule has 1 fully saturated rings. The molecule has 6 heteroatoms. The number of urea groups is 1. The molecule has 0 saturated carbocycles. The third kappa shape index (κ3) is 2.62. The number of benzene rings is 1. The summed E-state index contributed by atoms with van der Waals surface area (Å²) in [5.74, 6) is 0. The summed E-state index contributed by atoms with van der Waals surface area (Å²) >= 11 is 1.48. The number of fused-ring (bicyclic) bond motifs is 1. The second-order valence-electron chi connectivity index (χ2n) is 4.99. The van der Waals surface area contributed by atoms with E-state index in [0.29, 0.717) is 24.6 Å². The molecule has 2 aromatic rings. The first-order valence-electron chi connectivity index (χ1n) is 6.79. The van der Waals surface area contributed by atoms with Crippen LogP contribution in [0.3, 0.4) is 0 Å². The van der Waals surface area contributed by atoms with Crippen LogP contribution in [0.5, 0.6) is 0 Å². The van der Waals surface area contributed by atoms with Crippen LogP contribution < -0.4 is 5.32 Å². The fourth-order valence-corrected chi connectivity index (χ4v) is 3.26. The minimum Gasteiger partial charge on any atom is -0.391 e. The maximum Gasteiger partial charge on any atom is 0.323 e. The molecule has 0 spiro atoms. The number of likely N-dealkylation sites (tertiary alicyclic amines) is 1. The molecule has 1 aliphatic rings. The Morgan fingerprint density at radius 1 is 1.60 bits per heavy atom. The number of hydrogen-bond donors (Lipinski definition) is 2. The molecule has 0 bridgehead atoms. The lowest BCUT2D eigenvalue weighted by atomic mass is 10.2. The van der Waals surface area contributed by atoms with Gasteiger partial charge in [0.1, 0.15) is 0 Å². The number of aromatic nitrogens is 1. The maximum atomic E-state index is 12.0. The zero-order valence-electron chi connectivity index (χ0n) is 11.3. The van der Waals surface area contributed by atoms with E-state index in [4.69, 9.17) is 0 Å². The van der Waals surface area contributed by atoms with Gasteiger partial charge in [-0.1, -0.05) is 24.3 Å². The van der Waals surface area contributed by atoms with Crippen LogP contribution in [-0.4, -0.2) is 40.2 Å². The molecule has 2 amide bonds. The molecule has 2 N–H and O–H groups in total. The SMILES string of the molecule is CCc1ccc2nc(NC(=O)N3CC[C@@H](O)C3)sc2c1. The van der Waals surface area contributed by atoms with Crippen LogP contribution in [0.2, 0.25) is 0 Å². The average molecular weight is 291 g/mol. The van der Waals surface area contributed by atoms with Gasteiger partial charge in [-0.3, -0.25) is 5.32 Å². The molecular formula is C14H17N3O2S. The van der Waals surface area contributed by atoms with Crippen LogP contribution in [0.4, 0.5) is 9.93 Å². The fourth-order valence-electron chi connectivity index (χ4n) is 2.34. The molecule has 1 aromatic carbocycles. The zero-order chi connectivity index (χ0) is 14.1. The Kier molecular flexibility index (Phi) is 3.58. The Balaban J connectivity index is 1.75. The molecule has 0 unspecified atom stereocenters. The molecule has 5 nitrogen and oxygen atoms in total. The van der Waals surface area contributed by atoms with Gasteiger partial charge in [0.2, 0.25) is 0 Å². The van der Waals surface area contributed by atoms with E-state index in [9.17, 15) is 9.90 Å². The molecule has 20 heavy (non-hydrogen) atoms. The lowest BCUT2D eigenvalue weighted by molar-refractivity contribution is 0.176. The number of aryl methyl sites for hydroxylation is 1. The van der Waals surface area contributed by atoms with Crippen molar-refractivity contribution >= 4 is 32.7 Å². The number of thiazole rings is 1. The molecule has 1 atom stereocenters. The molecule has 1 saturated heterocycles. The number of nitrogens with one attached hydrogen (secondary N) is 1. The highest BCUT2D eigenvalue weighted by Crippen LogP contribution is 2.27.